The summed E-state index contributed by atoms with van der Waals surface area (Å²) in [5.41, 5.74) is 2.22. The number of amides is 1. The van der Waals surface area contributed by atoms with Crippen molar-refractivity contribution in [3.63, 3.8) is 0 Å². The highest BCUT2D eigenvalue weighted by molar-refractivity contribution is 5.78. The molecule has 0 radical (unpaired) electrons. The summed E-state index contributed by atoms with van der Waals surface area (Å²) < 4.78 is 5.35. The molecule has 2 aliphatic heterocycles. The van der Waals surface area contributed by atoms with Crippen LogP contribution in [0.4, 0.5) is 0 Å². The van der Waals surface area contributed by atoms with Gasteiger partial charge in [-0.1, -0.05) is 6.07 Å². The first-order valence-corrected chi connectivity index (χ1v) is 8.71. The van der Waals surface area contributed by atoms with E-state index in [1.54, 1.807) is 0 Å². The topological polar surface area (TPSA) is 45.7 Å². The van der Waals surface area contributed by atoms with Gasteiger partial charge in [0.05, 0.1) is 19.8 Å². The number of likely N-dealkylation sites (tertiary alicyclic amines) is 1. The van der Waals surface area contributed by atoms with Crippen LogP contribution in [0.5, 0.6) is 0 Å². The minimum atomic E-state index is 0.272. The van der Waals surface area contributed by atoms with Gasteiger partial charge >= 0.3 is 0 Å². The highest BCUT2D eigenvalue weighted by Crippen LogP contribution is 2.20. The Balaban J connectivity index is 1.52. The average molecular weight is 317 g/mol. The molecule has 5 nitrogen and oxygen atoms in total. The number of rotatable bonds is 4. The molecule has 0 spiro atoms. The van der Waals surface area contributed by atoms with Gasteiger partial charge in [-0.2, -0.15) is 0 Å². The fourth-order valence-electron chi connectivity index (χ4n) is 3.52. The van der Waals surface area contributed by atoms with E-state index in [1.807, 2.05) is 13.0 Å². The molecule has 0 aliphatic carbocycles. The van der Waals surface area contributed by atoms with Crippen molar-refractivity contribution in [1.29, 1.82) is 0 Å². The molecule has 0 N–H and O–H groups in total. The third kappa shape index (κ3) is 4.75. The van der Waals surface area contributed by atoms with E-state index in [0.29, 0.717) is 12.5 Å². The van der Waals surface area contributed by atoms with Crippen molar-refractivity contribution in [2.75, 3.05) is 45.9 Å². The van der Waals surface area contributed by atoms with E-state index in [0.717, 1.165) is 63.6 Å². The highest BCUT2D eigenvalue weighted by Gasteiger charge is 2.25. The van der Waals surface area contributed by atoms with Gasteiger partial charge in [0.25, 0.3) is 0 Å². The van der Waals surface area contributed by atoms with Crippen molar-refractivity contribution in [2.24, 2.45) is 5.92 Å². The van der Waals surface area contributed by atoms with E-state index >= 15 is 0 Å². The third-order valence-electron chi connectivity index (χ3n) is 4.78. The molecule has 2 saturated heterocycles. The predicted octanol–water partition coefficient (Wildman–Crippen LogP) is 1.50. The van der Waals surface area contributed by atoms with Crippen molar-refractivity contribution < 1.29 is 9.53 Å². The minimum absolute atomic E-state index is 0.272. The van der Waals surface area contributed by atoms with Crippen LogP contribution in [-0.2, 0) is 16.0 Å². The number of hydrogen-bond donors (Lipinski definition) is 0. The lowest BCUT2D eigenvalue weighted by atomic mass is 9.93. The van der Waals surface area contributed by atoms with Gasteiger partial charge in [-0.15, -0.1) is 0 Å². The number of morpholine rings is 1. The monoisotopic (exact) mass is 317 g/mol. The molecule has 1 amide bonds. The number of hydrogen-bond acceptors (Lipinski definition) is 4. The molecule has 126 valence electrons. The largest absolute Gasteiger partial charge is 0.379 e. The third-order valence-corrected chi connectivity index (χ3v) is 4.78. The first-order valence-electron chi connectivity index (χ1n) is 8.71. The molecule has 1 atom stereocenters. The van der Waals surface area contributed by atoms with Crippen LogP contribution in [0.3, 0.4) is 0 Å². The Hall–Kier alpha value is -1.46. The van der Waals surface area contributed by atoms with E-state index in [-0.39, 0.29) is 5.91 Å². The van der Waals surface area contributed by atoms with Gasteiger partial charge in [-0.25, -0.2) is 0 Å². The molecule has 2 aliphatic rings. The number of carbonyl (C=O) groups excluding carboxylic acids is 1. The van der Waals surface area contributed by atoms with Gasteiger partial charge in [0.15, 0.2) is 0 Å². The lowest BCUT2D eigenvalue weighted by Gasteiger charge is -2.35. The molecule has 0 bridgehead atoms. The molecular weight excluding hydrogens is 290 g/mol. The summed E-state index contributed by atoms with van der Waals surface area (Å²) in [4.78, 5) is 21.4. The Kier molecular flexibility index (Phi) is 5.62. The Labute approximate surface area is 138 Å². The second kappa shape index (κ2) is 7.88. The zero-order chi connectivity index (χ0) is 16.1. The van der Waals surface area contributed by atoms with Crippen molar-refractivity contribution >= 4 is 5.91 Å². The van der Waals surface area contributed by atoms with Crippen molar-refractivity contribution in [2.45, 2.75) is 26.2 Å². The smallest absolute Gasteiger partial charge is 0.236 e. The van der Waals surface area contributed by atoms with Gasteiger partial charge in [-0.3, -0.25) is 14.7 Å². The van der Waals surface area contributed by atoms with Crippen LogP contribution in [0.2, 0.25) is 0 Å². The number of carbonyl (C=O) groups is 1. The maximum absolute atomic E-state index is 12.5. The van der Waals surface area contributed by atoms with Crippen molar-refractivity contribution in [3.05, 3.63) is 29.6 Å². The maximum atomic E-state index is 12.5. The number of aromatic nitrogens is 1. The van der Waals surface area contributed by atoms with E-state index < -0.39 is 0 Å². The number of pyridine rings is 1. The Morgan fingerprint density at radius 1 is 1.30 bits per heavy atom. The molecule has 2 fully saturated rings. The van der Waals surface area contributed by atoms with Crippen LogP contribution in [0.15, 0.2) is 18.2 Å². The van der Waals surface area contributed by atoms with Gasteiger partial charge in [0.1, 0.15) is 0 Å². The van der Waals surface area contributed by atoms with Crippen LogP contribution in [-0.4, -0.2) is 66.6 Å². The second-order valence-electron chi connectivity index (χ2n) is 6.71. The van der Waals surface area contributed by atoms with Gasteiger partial charge in [-0.05, 0) is 44.2 Å². The summed E-state index contributed by atoms with van der Waals surface area (Å²) in [7, 11) is 0. The zero-order valence-electron chi connectivity index (χ0n) is 14.0. The molecule has 3 heterocycles. The molecule has 1 unspecified atom stereocenters. The number of aryl methyl sites for hydroxylation is 1. The summed E-state index contributed by atoms with van der Waals surface area (Å²) in [5, 5.41) is 0. The molecule has 5 heteroatoms. The second-order valence-corrected chi connectivity index (χ2v) is 6.71. The molecule has 23 heavy (non-hydrogen) atoms. The first-order chi connectivity index (χ1) is 11.2. The summed E-state index contributed by atoms with van der Waals surface area (Å²) >= 11 is 0. The fraction of sp³-hybridized carbons (Fsp3) is 0.667. The SMILES string of the molecule is Cc1cccc(CC2CCCN(C(=O)CN3CCOCC3)C2)n1. The highest BCUT2D eigenvalue weighted by atomic mass is 16.5. The fourth-order valence-corrected chi connectivity index (χ4v) is 3.52. The summed E-state index contributed by atoms with van der Waals surface area (Å²) in [6.07, 6.45) is 3.27. The average Bonchev–Trinajstić information content (AvgIpc) is 2.56. The summed E-state index contributed by atoms with van der Waals surface area (Å²) in [6, 6.07) is 6.20. The Bertz CT molecular complexity index is 529. The normalized spacial score (nSPS) is 23.0. The maximum Gasteiger partial charge on any atom is 0.236 e. The Morgan fingerprint density at radius 3 is 2.91 bits per heavy atom. The van der Waals surface area contributed by atoms with Crippen LogP contribution in [0.1, 0.15) is 24.2 Å². The van der Waals surface area contributed by atoms with Gasteiger partial charge in [0, 0.05) is 37.6 Å². The number of nitrogens with zero attached hydrogens (tertiary/aromatic N) is 3. The predicted molar refractivity (Wildman–Crippen MR) is 89.2 cm³/mol. The zero-order valence-corrected chi connectivity index (χ0v) is 14.0. The van der Waals surface area contributed by atoms with Crippen LogP contribution >= 0.6 is 0 Å². The number of piperidine rings is 1. The summed E-state index contributed by atoms with van der Waals surface area (Å²) in [5.74, 6) is 0.806. The molecule has 0 saturated carbocycles. The molecule has 0 aromatic carbocycles. The Morgan fingerprint density at radius 2 is 2.13 bits per heavy atom. The van der Waals surface area contributed by atoms with Crippen LogP contribution in [0, 0.1) is 12.8 Å². The van der Waals surface area contributed by atoms with E-state index in [9.17, 15) is 4.79 Å². The van der Waals surface area contributed by atoms with Gasteiger partial charge in [0.2, 0.25) is 5.91 Å². The molecular formula is C18H27N3O2. The number of ether oxygens (including phenoxy) is 1. The van der Waals surface area contributed by atoms with E-state index in [4.69, 9.17) is 4.74 Å². The van der Waals surface area contributed by atoms with Crippen molar-refractivity contribution in [1.82, 2.24) is 14.8 Å². The van der Waals surface area contributed by atoms with E-state index in [2.05, 4.69) is 26.9 Å². The van der Waals surface area contributed by atoms with Crippen molar-refractivity contribution in [3.8, 4) is 0 Å². The van der Waals surface area contributed by atoms with Crippen LogP contribution in [0.25, 0.3) is 0 Å². The van der Waals surface area contributed by atoms with Gasteiger partial charge < -0.3 is 9.64 Å². The molecule has 1 aromatic rings. The summed E-state index contributed by atoms with van der Waals surface area (Å²) in [6.45, 7) is 7.58. The lowest BCUT2D eigenvalue weighted by molar-refractivity contribution is -0.135. The molecule has 1 aromatic heterocycles. The van der Waals surface area contributed by atoms with Crippen LogP contribution < -0.4 is 0 Å². The first kappa shape index (κ1) is 16.4. The molecule has 3 rings (SSSR count). The quantitative estimate of drug-likeness (QED) is 0.844. The minimum Gasteiger partial charge on any atom is -0.379 e. The standard InChI is InChI=1S/C18H27N3O2/c1-15-4-2-6-17(19-15)12-16-5-3-7-21(13-16)18(22)14-20-8-10-23-11-9-20/h2,4,6,16H,3,5,7-14H2,1H3. The van der Waals surface area contributed by atoms with E-state index in [1.165, 1.54) is 6.42 Å². The lowest BCUT2D eigenvalue weighted by Crippen LogP contribution is -2.47.